The van der Waals surface area contributed by atoms with E-state index >= 15 is 0 Å². The van der Waals surface area contributed by atoms with Crippen LogP contribution in [0.25, 0.3) is 0 Å². The summed E-state index contributed by atoms with van der Waals surface area (Å²) in [5.74, 6) is -0.952. The lowest BCUT2D eigenvalue weighted by atomic mass is 10.1. The van der Waals surface area contributed by atoms with Crippen LogP contribution >= 0.6 is 0 Å². The minimum Gasteiger partial charge on any atom is -0.384 e. The SMILES string of the molecule is CN(Cc1ccc(F)cc1C(=N)N)CC(F)(F)F. The van der Waals surface area contributed by atoms with Crippen LogP contribution in [0.15, 0.2) is 18.2 Å². The van der Waals surface area contributed by atoms with Crippen LogP contribution in [0.4, 0.5) is 17.6 Å². The summed E-state index contributed by atoms with van der Waals surface area (Å²) in [6, 6.07) is 3.50. The molecule has 7 heteroatoms. The van der Waals surface area contributed by atoms with E-state index in [1.165, 1.54) is 13.1 Å². The highest BCUT2D eigenvalue weighted by Crippen LogP contribution is 2.18. The molecule has 100 valence electrons. The molecule has 0 fully saturated rings. The van der Waals surface area contributed by atoms with Gasteiger partial charge in [-0.3, -0.25) is 10.3 Å². The Bertz CT molecular complexity index is 442. The second-order valence-corrected chi connectivity index (χ2v) is 4.00. The van der Waals surface area contributed by atoms with E-state index in [2.05, 4.69) is 0 Å². The third-order valence-corrected chi connectivity index (χ3v) is 2.25. The van der Waals surface area contributed by atoms with Crippen molar-refractivity contribution in [2.24, 2.45) is 5.73 Å². The zero-order valence-corrected chi connectivity index (χ0v) is 9.68. The fraction of sp³-hybridized carbons (Fsp3) is 0.364. The number of rotatable bonds is 4. The quantitative estimate of drug-likeness (QED) is 0.496. The van der Waals surface area contributed by atoms with Crippen molar-refractivity contribution in [2.75, 3.05) is 13.6 Å². The van der Waals surface area contributed by atoms with Gasteiger partial charge in [0.2, 0.25) is 0 Å². The maximum atomic E-state index is 13.0. The highest BCUT2D eigenvalue weighted by atomic mass is 19.4. The molecule has 0 aliphatic carbocycles. The Morgan fingerprint density at radius 3 is 2.50 bits per heavy atom. The highest BCUT2D eigenvalue weighted by molar-refractivity contribution is 5.96. The summed E-state index contributed by atoms with van der Waals surface area (Å²) in [5.41, 5.74) is 5.76. The predicted octanol–water partition coefficient (Wildman–Crippen LogP) is 2.10. The van der Waals surface area contributed by atoms with Gasteiger partial charge in [-0.15, -0.1) is 0 Å². The summed E-state index contributed by atoms with van der Waals surface area (Å²) < 4.78 is 49.5. The fourth-order valence-electron chi connectivity index (χ4n) is 1.59. The van der Waals surface area contributed by atoms with E-state index in [0.717, 1.165) is 17.0 Å². The van der Waals surface area contributed by atoms with Crippen LogP contribution < -0.4 is 5.73 Å². The second-order valence-electron chi connectivity index (χ2n) is 4.00. The van der Waals surface area contributed by atoms with Gasteiger partial charge in [-0.2, -0.15) is 13.2 Å². The molecule has 1 rings (SSSR count). The molecule has 3 N–H and O–H groups in total. The molecule has 0 aliphatic heterocycles. The topological polar surface area (TPSA) is 53.1 Å². The molecule has 0 aromatic heterocycles. The van der Waals surface area contributed by atoms with E-state index in [4.69, 9.17) is 11.1 Å². The van der Waals surface area contributed by atoms with Gasteiger partial charge in [-0.05, 0) is 24.7 Å². The number of alkyl halides is 3. The first kappa shape index (κ1) is 14.4. The van der Waals surface area contributed by atoms with Gasteiger partial charge in [0, 0.05) is 12.1 Å². The van der Waals surface area contributed by atoms with Crippen molar-refractivity contribution < 1.29 is 17.6 Å². The number of nitrogens with one attached hydrogen (secondary N) is 1. The van der Waals surface area contributed by atoms with Crippen molar-refractivity contribution in [3.05, 3.63) is 35.1 Å². The Morgan fingerprint density at radius 1 is 1.39 bits per heavy atom. The number of nitrogens with two attached hydrogens (primary N) is 1. The van der Waals surface area contributed by atoms with Crippen molar-refractivity contribution in [1.82, 2.24) is 4.90 Å². The molecule has 3 nitrogen and oxygen atoms in total. The number of hydrogen-bond donors (Lipinski definition) is 2. The van der Waals surface area contributed by atoms with Crippen LogP contribution in [0, 0.1) is 11.2 Å². The average molecular weight is 263 g/mol. The lowest BCUT2D eigenvalue weighted by Crippen LogP contribution is -2.31. The molecule has 0 bridgehead atoms. The monoisotopic (exact) mass is 263 g/mol. The van der Waals surface area contributed by atoms with Crippen molar-refractivity contribution in [3.63, 3.8) is 0 Å². The lowest BCUT2D eigenvalue weighted by Gasteiger charge is -2.20. The van der Waals surface area contributed by atoms with Gasteiger partial charge < -0.3 is 5.73 Å². The van der Waals surface area contributed by atoms with Gasteiger partial charge in [0.15, 0.2) is 0 Å². The van der Waals surface area contributed by atoms with Crippen LogP contribution in [-0.4, -0.2) is 30.5 Å². The summed E-state index contributed by atoms with van der Waals surface area (Å²) in [4.78, 5) is 1.03. The Hall–Kier alpha value is -1.63. The van der Waals surface area contributed by atoms with E-state index in [0.29, 0.717) is 5.56 Å². The normalized spacial score (nSPS) is 11.9. The number of hydrogen-bond acceptors (Lipinski definition) is 2. The number of nitrogen functional groups attached to an aromatic ring is 1. The van der Waals surface area contributed by atoms with Crippen molar-refractivity contribution in [3.8, 4) is 0 Å². The van der Waals surface area contributed by atoms with E-state index in [9.17, 15) is 17.6 Å². The van der Waals surface area contributed by atoms with Crippen LogP contribution in [0.5, 0.6) is 0 Å². The Kier molecular flexibility index (Phi) is 4.28. The first-order valence-electron chi connectivity index (χ1n) is 5.07. The largest absolute Gasteiger partial charge is 0.401 e. The maximum absolute atomic E-state index is 13.0. The van der Waals surface area contributed by atoms with Crippen molar-refractivity contribution in [2.45, 2.75) is 12.7 Å². The van der Waals surface area contributed by atoms with Crippen molar-refractivity contribution in [1.29, 1.82) is 5.41 Å². The maximum Gasteiger partial charge on any atom is 0.401 e. The molecule has 0 spiro atoms. The summed E-state index contributed by atoms with van der Waals surface area (Å²) in [7, 11) is 1.29. The summed E-state index contributed by atoms with van der Waals surface area (Å²) in [6.45, 7) is -1.14. The third-order valence-electron chi connectivity index (χ3n) is 2.25. The molecule has 18 heavy (non-hydrogen) atoms. The lowest BCUT2D eigenvalue weighted by molar-refractivity contribution is -0.144. The Morgan fingerprint density at radius 2 is 2.00 bits per heavy atom. The van der Waals surface area contributed by atoms with Gasteiger partial charge in [-0.25, -0.2) is 4.39 Å². The molecule has 0 unspecified atom stereocenters. The molecule has 0 heterocycles. The number of nitrogens with zero attached hydrogens (tertiary/aromatic N) is 1. The van der Waals surface area contributed by atoms with Crippen LogP contribution in [0.1, 0.15) is 11.1 Å². The van der Waals surface area contributed by atoms with Crippen LogP contribution in [0.2, 0.25) is 0 Å². The smallest absolute Gasteiger partial charge is 0.384 e. The van der Waals surface area contributed by atoms with E-state index in [1.807, 2.05) is 0 Å². The molecule has 0 amide bonds. The second kappa shape index (κ2) is 5.34. The molecule has 0 radical (unpaired) electrons. The minimum absolute atomic E-state index is 0.0608. The van der Waals surface area contributed by atoms with Gasteiger partial charge in [0.05, 0.1) is 6.54 Å². The standard InChI is InChI=1S/C11H13F4N3/c1-18(6-11(13,14)15)5-7-2-3-8(12)4-9(7)10(16)17/h2-4H,5-6H2,1H3,(H3,16,17). The molecular formula is C11H13F4N3. The van der Waals surface area contributed by atoms with Gasteiger partial charge >= 0.3 is 6.18 Å². The highest BCUT2D eigenvalue weighted by Gasteiger charge is 2.29. The number of amidine groups is 1. The number of benzene rings is 1. The number of halogens is 4. The molecule has 0 aliphatic rings. The molecule has 1 aromatic rings. The molecule has 0 atom stereocenters. The van der Waals surface area contributed by atoms with Gasteiger partial charge in [0.1, 0.15) is 11.7 Å². The zero-order valence-electron chi connectivity index (χ0n) is 9.68. The zero-order chi connectivity index (χ0) is 13.9. The molecular weight excluding hydrogens is 250 g/mol. The van der Waals surface area contributed by atoms with Crippen molar-refractivity contribution >= 4 is 5.84 Å². The third kappa shape index (κ3) is 4.33. The first-order valence-corrected chi connectivity index (χ1v) is 5.07. The minimum atomic E-state index is -4.30. The van der Waals surface area contributed by atoms with Crippen LogP contribution in [-0.2, 0) is 6.54 Å². The van der Waals surface area contributed by atoms with Gasteiger partial charge in [0.25, 0.3) is 0 Å². The first-order chi connectivity index (χ1) is 8.19. The van der Waals surface area contributed by atoms with E-state index < -0.39 is 18.5 Å². The molecule has 0 saturated carbocycles. The fourth-order valence-corrected chi connectivity index (χ4v) is 1.59. The van der Waals surface area contributed by atoms with Crippen LogP contribution in [0.3, 0.4) is 0 Å². The predicted molar refractivity (Wildman–Crippen MR) is 59.8 cm³/mol. The summed E-state index contributed by atoms with van der Waals surface area (Å²) >= 11 is 0. The van der Waals surface area contributed by atoms with E-state index in [-0.39, 0.29) is 17.9 Å². The summed E-state index contributed by atoms with van der Waals surface area (Å²) in [6.07, 6.45) is -4.30. The molecule has 1 aromatic carbocycles. The van der Waals surface area contributed by atoms with E-state index in [1.54, 1.807) is 0 Å². The summed E-state index contributed by atoms with van der Waals surface area (Å²) in [5, 5.41) is 7.27. The Labute approximate surface area is 102 Å². The Balaban J connectivity index is 2.87. The molecule has 0 saturated heterocycles. The van der Waals surface area contributed by atoms with Gasteiger partial charge in [-0.1, -0.05) is 6.07 Å². The average Bonchev–Trinajstić information content (AvgIpc) is 2.17.